The minimum absolute atomic E-state index is 0.120. The number of aryl methyl sites for hydroxylation is 1. The van der Waals surface area contributed by atoms with Crippen LogP contribution in [0.5, 0.6) is 0 Å². The first-order valence-electron chi connectivity index (χ1n) is 7.92. The maximum absolute atomic E-state index is 12.3. The predicted octanol–water partition coefficient (Wildman–Crippen LogP) is 5.49. The van der Waals surface area contributed by atoms with E-state index < -0.39 is 0 Å². The van der Waals surface area contributed by atoms with E-state index in [0.717, 1.165) is 17.1 Å². The van der Waals surface area contributed by atoms with Crippen LogP contribution in [0.3, 0.4) is 0 Å². The maximum Gasteiger partial charge on any atom is 0.223 e. The van der Waals surface area contributed by atoms with Crippen molar-refractivity contribution in [1.82, 2.24) is 4.90 Å². The van der Waals surface area contributed by atoms with Crippen LogP contribution in [0.15, 0.2) is 29.6 Å². The van der Waals surface area contributed by atoms with Crippen molar-refractivity contribution in [2.75, 3.05) is 6.54 Å². The lowest BCUT2D eigenvalue weighted by Crippen LogP contribution is -2.42. The maximum atomic E-state index is 12.3. The number of benzene rings is 1. The predicted molar refractivity (Wildman–Crippen MR) is 98.3 cm³/mol. The fourth-order valence-corrected chi connectivity index (χ4v) is 4.42. The van der Waals surface area contributed by atoms with Gasteiger partial charge in [-0.2, -0.15) is 0 Å². The second-order valence-corrected chi connectivity index (χ2v) is 8.57. The summed E-state index contributed by atoms with van der Waals surface area (Å²) in [6.07, 6.45) is 0.585. The molecule has 1 aliphatic heterocycles. The third-order valence-electron chi connectivity index (χ3n) is 4.50. The van der Waals surface area contributed by atoms with Crippen molar-refractivity contribution in [2.24, 2.45) is 0 Å². The van der Waals surface area contributed by atoms with Gasteiger partial charge in [0.25, 0.3) is 0 Å². The highest BCUT2D eigenvalue weighted by molar-refractivity contribution is 7.13. The Hall–Kier alpha value is -1.32. The summed E-state index contributed by atoms with van der Waals surface area (Å²) in [4.78, 5) is 15.5. The van der Waals surface area contributed by atoms with Crippen molar-refractivity contribution >= 4 is 28.8 Å². The zero-order valence-corrected chi connectivity index (χ0v) is 15.6. The van der Waals surface area contributed by atoms with E-state index in [4.69, 9.17) is 11.6 Å². The van der Waals surface area contributed by atoms with E-state index in [9.17, 15) is 4.79 Å². The van der Waals surface area contributed by atoms with Gasteiger partial charge in [0.1, 0.15) is 0 Å². The van der Waals surface area contributed by atoms with Crippen LogP contribution in [0.4, 0.5) is 0 Å². The monoisotopic (exact) mass is 347 g/mol. The molecule has 1 aromatic heterocycles. The molecular weight excluding hydrogens is 326 g/mol. The second-order valence-electron chi connectivity index (χ2n) is 7.25. The first-order valence-corrected chi connectivity index (χ1v) is 9.17. The molecular formula is C19H22ClNOS. The van der Waals surface area contributed by atoms with E-state index in [-0.39, 0.29) is 17.4 Å². The third kappa shape index (κ3) is 3.17. The highest BCUT2D eigenvalue weighted by Crippen LogP contribution is 2.39. The number of carbonyl (C=O) groups excluding carboxylic acids is 1. The van der Waals surface area contributed by atoms with Gasteiger partial charge in [0.05, 0.1) is 0 Å². The van der Waals surface area contributed by atoms with E-state index in [0.29, 0.717) is 6.42 Å². The summed E-state index contributed by atoms with van der Waals surface area (Å²) in [5.41, 5.74) is 3.41. The number of rotatable bonds is 2. The molecule has 1 aliphatic rings. The Balaban J connectivity index is 1.94. The molecule has 2 aromatic rings. The average Bonchev–Trinajstić information content (AvgIpc) is 3.05. The summed E-state index contributed by atoms with van der Waals surface area (Å²) in [5, 5.41) is 2.87. The quantitative estimate of drug-likeness (QED) is 0.703. The number of nitrogens with zero attached hydrogens (tertiary/aromatic N) is 1. The molecule has 0 aliphatic carbocycles. The summed E-state index contributed by atoms with van der Waals surface area (Å²) in [6.45, 7) is 9.17. The molecule has 0 unspecified atom stereocenters. The lowest BCUT2D eigenvalue weighted by atomic mass is 9.95. The summed E-state index contributed by atoms with van der Waals surface area (Å²) in [6, 6.07) is 8.32. The van der Waals surface area contributed by atoms with Gasteiger partial charge < -0.3 is 4.90 Å². The van der Waals surface area contributed by atoms with E-state index in [1.54, 1.807) is 11.3 Å². The lowest BCUT2D eigenvalue weighted by molar-refractivity contribution is -0.131. The molecule has 1 saturated heterocycles. The van der Waals surface area contributed by atoms with Crippen LogP contribution in [0, 0.1) is 6.92 Å². The van der Waals surface area contributed by atoms with Crippen LogP contribution in [0.25, 0.3) is 10.4 Å². The van der Waals surface area contributed by atoms with Crippen molar-refractivity contribution in [1.29, 1.82) is 0 Å². The summed E-state index contributed by atoms with van der Waals surface area (Å²) in [7, 11) is 0. The van der Waals surface area contributed by atoms with Gasteiger partial charge in [-0.25, -0.2) is 0 Å². The van der Waals surface area contributed by atoms with Gasteiger partial charge in [-0.3, -0.25) is 4.79 Å². The topological polar surface area (TPSA) is 20.3 Å². The Morgan fingerprint density at radius 3 is 2.57 bits per heavy atom. The second kappa shape index (κ2) is 5.95. The average molecular weight is 348 g/mol. The van der Waals surface area contributed by atoms with E-state index >= 15 is 0 Å². The first-order chi connectivity index (χ1) is 10.8. The largest absolute Gasteiger partial charge is 0.337 e. The van der Waals surface area contributed by atoms with Gasteiger partial charge in [0.2, 0.25) is 5.91 Å². The molecule has 2 nitrogen and oxygen atoms in total. The lowest BCUT2D eigenvalue weighted by Gasteiger charge is -2.32. The van der Waals surface area contributed by atoms with E-state index in [1.807, 2.05) is 11.0 Å². The molecule has 1 aromatic carbocycles. The number of amides is 1. The minimum Gasteiger partial charge on any atom is -0.337 e. The number of hydrogen-bond donors (Lipinski definition) is 0. The third-order valence-corrected chi connectivity index (χ3v) is 5.88. The van der Waals surface area contributed by atoms with Crippen molar-refractivity contribution in [3.8, 4) is 10.4 Å². The number of thiophene rings is 1. The van der Waals surface area contributed by atoms with Gasteiger partial charge in [-0.1, -0.05) is 17.7 Å². The van der Waals surface area contributed by atoms with Gasteiger partial charge in [-0.15, -0.1) is 11.3 Å². The molecule has 122 valence electrons. The zero-order chi connectivity index (χ0) is 16.8. The van der Waals surface area contributed by atoms with Crippen molar-refractivity contribution in [3.63, 3.8) is 0 Å². The Morgan fingerprint density at radius 2 is 2.00 bits per heavy atom. The van der Waals surface area contributed by atoms with Crippen LogP contribution in [-0.2, 0) is 4.79 Å². The van der Waals surface area contributed by atoms with E-state index in [2.05, 4.69) is 51.3 Å². The van der Waals surface area contributed by atoms with Gasteiger partial charge in [0.15, 0.2) is 0 Å². The number of halogens is 1. The number of carbonyl (C=O) groups is 1. The summed E-state index contributed by atoms with van der Waals surface area (Å²) < 4.78 is 0. The highest BCUT2D eigenvalue weighted by atomic mass is 35.5. The SMILES string of the molecule is Cc1ccsc1-c1cc([C@@H]2CC(=O)N(C(C)(C)C)C2)ccc1Cl. The molecule has 1 amide bonds. The van der Waals surface area contributed by atoms with E-state index in [1.165, 1.54) is 16.0 Å². The minimum atomic E-state index is -0.120. The standard InChI is InChI=1S/C19H22ClNOS/c1-12-7-8-23-18(12)15-9-13(5-6-16(15)20)14-10-17(22)21(11-14)19(2,3)4/h5-9,14H,10-11H2,1-4H3/t14-/m1/s1. The Labute approximate surface area is 147 Å². The fraction of sp³-hybridized carbons (Fsp3) is 0.421. The molecule has 0 bridgehead atoms. The molecule has 3 rings (SSSR count). The number of likely N-dealkylation sites (tertiary alicyclic amines) is 1. The molecule has 2 heterocycles. The molecule has 1 fully saturated rings. The molecule has 0 saturated carbocycles. The van der Waals surface area contributed by atoms with Crippen LogP contribution < -0.4 is 0 Å². The van der Waals surface area contributed by atoms with Crippen molar-refractivity contribution < 1.29 is 4.79 Å². The Bertz CT molecular complexity index is 744. The molecule has 0 spiro atoms. The zero-order valence-electron chi connectivity index (χ0n) is 14.0. The molecule has 23 heavy (non-hydrogen) atoms. The van der Waals surface area contributed by atoms with Gasteiger partial charge in [0, 0.05) is 39.9 Å². The summed E-state index contributed by atoms with van der Waals surface area (Å²) >= 11 is 8.14. The van der Waals surface area contributed by atoms with Crippen molar-refractivity contribution in [2.45, 2.75) is 45.6 Å². The van der Waals surface area contributed by atoms with Gasteiger partial charge in [-0.05, 0) is 62.4 Å². The number of hydrogen-bond acceptors (Lipinski definition) is 2. The molecule has 0 N–H and O–H groups in total. The summed E-state index contributed by atoms with van der Waals surface area (Å²) in [5.74, 6) is 0.490. The fourth-order valence-electron chi connectivity index (χ4n) is 3.20. The molecule has 4 heteroatoms. The van der Waals surface area contributed by atoms with Crippen molar-refractivity contribution in [3.05, 3.63) is 45.8 Å². The first kappa shape index (κ1) is 16.5. The molecule has 0 radical (unpaired) electrons. The highest BCUT2D eigenvalue weighted by Gasteiger charge is 2.36. The van der Waals surface area contributed by atoms with Crippen LogP contribution in [0.1, 0.15) is 44.2 Å². The van der Waals surface area contributed by atoms with Crippen LogP contribution in [0.2, 0.25) is 5.02 Å². The van der Waals surface area contributed by atoms with Gasteiger partial charge >= 0.3 is 0 Å². The van der Waals surface area contributed by atoms with Crippen LogP contribution >= 0.6 is 22.9 Å². The Kier molecular flexibility index (Phi) is 4.28. The molecule has 1 atom stereocenters. The normalized spacial score (nSPS) is 18.7. The Morgan fingerprint density at radius 1 is 1.26 bits per heavy atom. The smallest absolute Gasteiger partial charge is 0.223 e. The van der Waals surface area contributed by atoms with Crippen LogP contribution in [-0.4, -0.2) is 22.9 Å².